The van der Waals surface area contributed by atoms with Crippen molar-refractivity contribution in [2.24, 2.45) is 5.92 Å². The second kappa shape index (κ2) is 10.1. The van der Waals surface area contributed by atoms with E-state index in [1.54, 1.807) is 19.1 Å². The van der Waals surface area contributed by atoms with Crippen LogP contribution < -0.4 is 15.4 Å². The molecule has 0 radical (unpaired) electrons. The number of nitrogens with one attached hydrogen (secondary N) is 2. The van der Waals surface area contributed by atoms with E-state index in [9.17, 15) is 18.4 Å². The molecule has 1 aliphatic rings. The molecule has 1 saturated carbocycles. The van der Waals surface area contributed by atoms with E-state index in [0.29, 0.717) is 17.9 Å². The topological polar surface area (TPSA) is 67.4 Å². The average Bonchev–Trinajstić information content (AvgIpc) is 2.60. The van der Waals surface area contributed by atoms with Gasteiger partial charge in [0.25, 0.3) is 0 Å². The quantitative estimate of drug-likeness (QED) is 0.737. The highest BCUT2D eigenvalue weighted by molar-refractivity contribution is 5.84. The molecular weight excluding hydrogens is 342 g/mol. The van der Waals surface area contributed by atoms with Gasteiger partial charge in [0, 0.05) is 6.42 Å². The molecular formula is C19H26F2N2O3. The van der Waals surface area contributed by atoms with Gasteiger partial charge in [-0.25, -0.2) is 0 Å². The maximum Gasteiger partial charge on any atom is 0.387 e. The maximum absolute atomic E-state index is 12.3. The first-order valence-corrected chi connectivity index (χ1v) is 9.05. The number of hydrogen-bond acceptors (Lipinski definition) is 3. The first kappa shape index (κ1) is 20.1. The minimum absolute atomic E-state index is 0.0411. The first-order chi connectivity index (χ1) is 12.4. The smallest absolute Gasteiger partial charge is 0.387 e. The molecule has 0 spiro atoms. The van der Waals surface area contributed by atoms with Crippen molar-refractivity contribution in [1.29, 1.82) is 0 Å². The molecule has 26 heavy (non-hydrogen) atoms. The predicted octanol–water partition coefficient (Wildman–Crippen LogP) is 3.55. The normalized spacial score (nSPS) is 16.2. The molecule has 2 N–H and O–H groups in total. The fourth-order valence-electron chi connectivity index (χ4n) is 3.24. The SMILES string of the molecule is C[C@H](NC(=O)CNC(=O)CC1CCCCC1)c1cccc(OC(F)F)c1. The summed E-state index contributed by atoms with van der Waals surface area (Å²) in [5, 5.41) is 5.39. The summed E-state index contributed by atoms with van der Waals surface area (Å²) >= 11 is 0. The van der Waals surface area contributed by atoms with Crippen LogP contribution in [0, 0.1) is 5.92 Å². The first-order valence-electron chi connectivity index (χ1n) is 9.05. The van der Waals surface area contributed by atoms with Crippen LogP contribution in [-0.2, 0) is 9.59 Å². The molecule has 1 atom stereocenters. The summed E-state index contributed by atoms with van der Waals surface area (Å²) in [6.07, 6.45) is 6.20. The van der Waals surface area contributed by atoms with E-state index >= 15 is 0 Å². The summed E-state index contributed by atoms with van der Waals surface area (Å²) in [6, 6.07) is 5.79. The number of rotatable bonds is 8. The van der Waals surface area contributed by atoms with Crippen LogP contribution in [0.1, 0.15) is 57.1 Å². The lowest BCUT2D eigenvalue weighted by Gasteiger charge is -2.21. The summed E-state index contributed by atoms with van der Waals surface area (Å²) < 4.78 is 28.9. The minimum atomic E-state index is -2.89. The van der Waals surface area contributed by atoms with E-state index in [0.717, 1.165) is 12.8 Å². The Kier molecular flexibility index (Phi) is 7.81. The predicted molar refractivity (Wildman–Crippen MR) is 93.8 cm³/mol. The number of alkyl halides is 2. The molecule has 0 bridgehead atoms. The van der Waals surface area contributed by atoms with Crippen molar-refractivity contribution in [2.45, 2.75) is 58.1 Å². The van der Waals surface area contributed by atoms with E-state index in [2.05, 4.69) is 15.4 Å². The van der Waals surface area contributed by atoms with Gasteiger partial charge in [0.2, 0.25) is 11.8 Å². The molecule has 0 unspecified atom stereocenters. The van der Waals surface area contributed by atoms with Crippen LogP contribution in [0.15, 0.2) is 24.3 Å². The summed E-state index contributed by atoms with van der Waals surface area (Å²) in [5.74, 6) is 0.0319. The van der Waals surface area contributed by atoms with Gasteiger partial charge in [-0.1, -0.05) is 31.4 Å². The second-order valence-corrected chi connectivity index (χ2v) is 6.73. The van der Waals surface area contributed by atoms with Crippen LogP contribution in [0.4, 0.5) is 8.78 Å². The third kappa shape index (κ3) is 6.98. The van der Waals surface area contributed by atoms with Gasteiger partial charge in [0.1, 0.15) is 5.75 Å². The average molecular weight is 368 g/mol. The standard InChI is InChI=1S/C19H26F2N2O3/c1-13(15-8-5-9-16(11-15)26-19(20)21)23-18(25)12-22-17(24)10-14-6-3-2-4-7-14/h5,8-9,11,13-14,19H,2-4,6-7,10,12H2,1H3,(H,22,24)(H,23,25)/t13-/m0/s1. The molecule has 5 nitrogen and oxygen atoms in total. The van der Waals surface area contributed by atoms with Crippen molar-refractivity contribution in [3.63, 3.8) is 0 Å². The van der Waals surface area contributed by atoms with Crippen molar-refractivity contribution < 1.29 is 23.1 Å². The number of carbonyl (C=O) groups excluding carboxylic acids is 2. The van der Waals surface area contributed by atoms with Gasteiger partial charge in [-0.2, -0.15) is 8.78 Å². The Bertz CT molecular complexity index is 604. The molecule has 7 heteroatoms. The maximum atomic E-state index is 12.3. The van der Waals surface area contributed by atoms with Gasteiger partial charge in [-0.05, 0) is 43.4 Å². The minimum Gasteiger partial charge on any atom is -0.435 e. The summed E-state index contributed by atoms with van der Waals surface area (Å²) in [6.45, 7) is -1.25. The highest BCUT2D eigenvalue weighted by atomic mass is 19.3. The van der Waals surface area contributed by atoms with Gasteiger partial charge in [-0.15, -0.1) is 0 Å². The highest BCUT2D eigenvalue weighted by Crippen LogP contribution is 2.26. The lowest BCUT2D eigenvalue weighted by molar-refractivity contribution is -0.127. The van der Waals surface area contributed by atoms with Crippen LogP contribution in [0.25, 0.3) is 0 Å². The zero-order valence-corrected chi connectivity index (χ0v) is 15.0. The number of halogens is 2. The van der Waals surface area contributed by atoms with Crippen molar-refractivity contribution in [3.05, 3.63) is 29.8 Å². The fourth-order valence-corrected chi connectivity index (χ4v) is 3.24. The van der Waals surface area contributed by atoms with E-state index in [1.165, 1.54) is 31.4 Å². The Balaban J connectivity index is 1.75. The van der Waals surface area contributed by atoms with Gasteiger partial charge in [-0.3, -0.25) is 9.59 Å². The third-order valence-electron chi connectivity index (χ3n) is 4.61. The van der Waals surface area contributed by atoms with E-state index < -0.39 is 6.61 Å². The van der Waals surface area contributed by atoms with Crippen LogP contribution in [0.2, 0.25) is 0 Å². The highest BCUT2D eigenvalue weighted by Gasteiger charge is 2.18. The van der Waals surface area contributed by atoms with Crippen LogP contribution in [-0.4, -0.2) is 25.0 Å². The van der Waals surface area contributed by atoms with Crippen molar-refractivity contribution in [2.75, 3.05) is 6.54 Å². The number of benzene rings is 1. The molecule has 1 fully saturated rings. The molecule has 1 aliphatic carbocycles. The number of carbonyl (C=O) groups is 2. The van der Waals surface area contributed by atoms with Crippen molar-refractivity contribution in [3.8, 4) is 5.75 Å². The van der Waals surface area contributed by atoms with Crippen molar-refractivity contribution >= 4 is 11.8 Å². The van der Waals surface area contributed by atoms with E-state index in [4.69, 9.17) is 0 Å². The molecule has 2 amide bonds. The summed E-state index contributed by atoms with van der Waals surface area (Å²) in [7, 11) is 0. The molecule has 0 aliphatic heterocycles. The molecule has 2 rings (SSSR count). The van der Waals surface area contributed by atoms with Gasteiger partial charge < -0.3 is 15.4 Å². The second-order valence-electron chi connectivity index (χ2n) is 6.73. The third-order valence-corrected chi connectivity index (χ3v) is 4.61. The number of amides is 2. The zero-order valence-electron chi connectivity index (χ0n) is 15.0. The largest absolute Gasteiger partial charge is 0.435 e. The summed E-state index contributed by atoms with van der Waals surface area (Å²) in [5.41, 5.74) is 0.644. The van der Waals surface area contributed by atoms with Crippen molar-refractivity contribution in [1.82, 2.24) is 10.6 Å². The van der Waals surface area contributed by atoms with Crippen LogP contribution in [0.5, 0.6) is 5.75 Å². The van der Waals surface area contributed by atoms with Gasteiger partial charge >= 0.3 is 6.61 Å². The Morgan fingerprint density at radius 2 is 1.92 bits per heavy atom. The van der Waals surface area contributed by atoms with Crippen LogP contribution >= 0.6 is 0 Å². The molecule has 0 heterocycles. The molecule has 0 saturated heterocycles. The zero-order chi connectivity index (χ0) is 18.9. The van der Waals surface area contributed by atoms with E-state index in [-0.39, 0.29) is 30.2 Å². The Labute approximate surface area is 152 Å². The number of hydrogen-bond donors (Lipinski definition) is 2. The monoisotopic (exact) mass is 368 g/mol. The molecule has 144 valence electrons. The molecule has 0 aromatic heterocycles. The van der Waals surface area contributed by atoms with Crippen LogP contribution in [0.3, 0.4) is 0 Å². The lowest BCUT2D eigenvalue weighted by atomic mass is 9.87. The van der Waals surface area contributed by atoms with Gasteiger partial charge in [0.15, 0.2) is 0 Å². The number of ether oxygens (including phenoxy) is 1. The lowest BCUT2D eigenvalue weighted by Crippen LogP contribution is -2.38. The molecule has 1 aromatic carbocycles. The fraction of sp³-hybridized carbons (Fsp3) is 0.579. The molecule has 1 aromatic rings. The Morgan fingerprint density at radius 3 is 2.62 bits per heavy atom. The Hall–Kier alpha value is -2.18. The van der Waals surface area contributed by atoms with E-state index in [1.807, 2.05) is 0 Å². The van der Waals surface area contributed by atoms with Gasteiger partial charge in [0.05, 0.1) is 12.6 Å². The summed E-state index contributed by atoms with van der Waals surface area (Å²) in [4.78, 5) is 23.9. The Morgan fingerprint density at radius 1 is 1.19 bits per heavy atom.